The Bertz CT molecular complexity index is 184. The van der Waals surface area contributed by atoms with E-state index < -0.39 is 0 Å². The molecule has 0 radical (unpaired) electrons. The van der Waals surface area contributed by atoms with Crippen molar-refractivity contribution in [1.29, 1.82) is 5.41 Å². The predicted molar refractivity (Wildman–Crippen MR) is 38.9 cm³/mol. The van der Waals surface area contributed by atoms with Crippen molar-refractivity contribution < 1.29 is 4.79 Å². The Labute approximate surface area is 60.3 Å². The van der Waals surface area contributed by atoms with Gasteiger partial charge in [0.25, 0.3) is 0 Å². The number of nitrogens with one attached hydrogen (secondary N) is 2. The van der Waals surface area contributed by atoms with Crippen molar-refractivity contribution in [2.75, 3.05) is 0 Å². The van der Waals surface area contributed by atoms with Crippen LogP contribution in [0.4, 0.5) is 0 Å². The number of hydrogen-bond donors (Lipinski definition) is 2. The fraction of sp³-hybridized carbons (Fsp3) is 0.714. The highest BCUT2D eigenvalue weighted by Crippen LogP contribution is 2.25. The van der Waals surface area contributed by atoms with Gasteiger partial charge < -0.3 is 5.32 Å². The lowest BCUT2D eigenvalue weighted by molar-refractivity contribution is -0.121. The average Bonchev–Trinajstić information content (AvgIpc) is 1.81. The van der Waals surface area contributed by atoms with Gasteiger partial charge in [-0.05, 0) is 6.42 Å². The van der Waals surface area contributed by atoms with Crippen LogP contribution in [0.1, 0.15) is 26.7 Å². The van der Waals surface area contributed by atoms with E-state index in [-0.39, 0.29) is 11.3 Å². The van der Waals surface area contributed by atoms with E-state index in [1.165, 1.54) is 0 Å². The lowest BCUT2D eigenvalue weighted by Gasteiger charge is -2.29. The van der Waals surface area contributed by atoms with Crippen LogP contribution in [0.5, 0.6) is 0 Å². The van der Waals surface area contributed by atoms with Crippen molar-refractivity contribution >= 4 is 11.7 Å². The normalized spacial score (nSPS) is 24.2. The zero-order chi connectivity index (χ0) is 7.78. The summed E-state index contributed by atoms with van der Waals surface area (Å²) < 4.78 is 0. The third-order valence-electron chi connectivity index (χ3n) is 1.92. The first-order valence-corrected chi connectivity index (χ1v) is 3.41. The Morgan fingerprint density at radius 2 is 2.20 bits per heavy atom. The first kappa shape index (κ1) is 7.25. The van der Waals surface area contributed by atoms with Crippen molar-refractivity contribution in [2.45, 2.75) is 26.7 Å². The summed E-state index contributed by atoms with van der Waals surface area (Å²) in [6.07, 6.45) is 1.34. The second-order valence-electron chi connectivity index (χ2n) is 3.31. The molecule has 1 amide bonds. The molecule has 1 aliphatic rings. The molecule has 0 aliphatic carbocycles. The van der Waals surface area contributed by atoms with Gasteiger partial charge in [0.1, 0.15) is 5.84 Å². The van der Waals surface area contributed by atoms with E-state index in [1.54, 1.807) is 0 Å². The average molecular weight is 140 g/mol. The van der Waals surface area contributed by atoms with E-state index in [0.29, 0.717) is 12.3 Å². The first-order chi connectivity index (χ1) is 4.52. The fourth-order valence-corrected chi connectivity index (χ4v) is 0.922. The summed E-state index contributed by atoms with van der Waals surface area (Å²) in [5.74, 6) is 0.327. The lowest BCUT2D eigenvalue weighted by atomic mass is 9.83. The van der Waals surface area contributed by atoms with Crippen LogP contribution in [0.15, 0.2) is 0 Å². The SMILES string of the molecule is CC1(C)CCC(=O)NC1=N. The van der Waals surface area contributed by atoms with Gasteiger partial charge in [-0.25, -0.2) is 0 Å². The van der Waals surface area contributed by atoms with E-state index in [0.717, 1.165) is 6.42 Å². The summed E-state index contributed by atoms with van der Waals surface area (Å²) in [6, 6.07) is 0. The molecule has 1 aliphatic heterocycles. The van der Waals surface area contributed by atoms with Crippen LogP contribution in [0.3, 0.4) is 0 Å². The Morgan fingerprint density at radius 1 is 1.60 bits per heavy atom. The molecular weight excluding hydrogens is 128 g/mol. The summed E-state index contributed by atoms with van der Waals surface area (Å²) in [5, 5.41) is 9.90. The van der Waals surface area contributed by atoms with Crippen LogP contribution in [0.25, 0.3) is 0 Å². The van der Waals surface area contributed by atoms with Gasteiger partial charge >= 0.3 is 0 Å². The maximum atomic E-state index is 10.7. The fourth-order valence-electron chi connectivity index (χ4n) is 0.922. The number of carbonyl (C=O) groups excluding carboxylic acids is 1. The van der Waals surface area contributed by atoms with Crippen LogP contribution < -0.4 is 5.32 Å². The maximum Gasteiger partial charge on any atom is 0.225 e. The summed E-state index contributed by atoms with van der Waals surface area (Å²) in [5.41, 5.74) is -0.131. The number of rotatable bonds is 0. The lowest BCUT2D eigenvalue weighted by Crippen LogP contribution is -2.45. The van der Waals surface area contributed by atoms with Gasteiger partial charge in [-0.15, -0.1) is 0 Å². The molecule has 1 fully saturated rings. The molecule has 3 heteroatoms. The third kappa shape index (κ3) is 1.17. The van der Waals surface area contributed by atoms with Gasteiger partial charge in [0, 0.05) is 11.8 Å². The molecule has 1 rings (SSSR count). The molecule has 1 saturated heterocycles. The van der Waals surface area contributed by atoms with Crippen molar-refractivity contribution in [3.8, 4) is 0 Å². The van der Waals surface area contributed by atoms with Crippen LogP contribution in [0.2, 0.25) is 0 Å². The number of carbonyl (C=O) groups is 1. The molecule has 0 aromatic heterocycles. The minimum Gasteiger partial charge on any atom is -0.314 e. The Hall–Kier alpha value is -0.860. The maximum absolute atomic E-state index is 10.7. The highest BCUT2D eigenvalue weighted by atomic mass is 16.1. The third-order valence-corrected chi connectivity index (χ3v) is 1.92. The minimum atomic E-state index is -0.131. The number of amides is 1. The largest absolute Gasteiger partial charge is 0.314 e. The standard InChI is InChI=1S/C7H12N2O/c1-7(2)4-3-5(10)9-6(7)8/h3-4H2,1-2H3,(H2,8,9,10). The molecule has 0 aromatic carbocycles. The zero-order valence-corrected chi connectivity index (χ0v) is 6.32. The molecule has 0 atom stereocenters. The highest BCUT2D eigenvalue weighted by Gasteiger charge is 2.30. The van der Waals surface area contributed by atoms with E-state index >= 15 is 0 Å². The van der Waals surface area contributed by atoms with Gasteiger partial charge in [0.05, 0.1) is 0 Å². The Kier molecular flexibility index (Phi) is 1.50. The summed E-state index contributed by atoms with van der Waals surface area (Å²) in [6.45, 7) is 3.93. The predicted octanol–water partition coefficient (Wildman–Crippen LogP) is 0.900. The molecule has 0 bridgehead atoms. The molecule has 0 aromatic rings. The van der Waals surface area contributed by atoms with Gasteiger partial charge in [-0.2, -0.15) is 0 Å². The van der Waals surface area contributed by atoms with Crippen LogP contribution >= 0.6 is 0 Å². The van der Waals surface area contributed by atoms with E-state index in [1.807, 2.05) is 13.8 Å². The highest BCUT2D eigenvalue weighted by molar-refractivity contribution is 6.01. The molecule has 10 heavy (non-hydrogen) atoms. The van der Waals surface area contributed by atoms with Gasteiger partial charge in [-0.1, -0.05) is 13.8 Å². The van der Waals surface area contributed by atoms with E-state index in [4.69, 9.17) is 5.41 Å². The quantitative estimate of drug-likeness (QED) is 0.516. The Balaban J connectivity index is 2.70. The number of piperidine rings is 1. The zero-order valence-electron chi connectivity index (χ0n) is 6.32. The van der Waals surface area contributed by atoms with Crippen LogP contribution in [-0.2, 0) is 4.79 Å². The van der Waals surface area contributed by atoms with Crippen LogP contribution in [0, 0.1) is 10.8 Å². The second kappa shape index (κ2) is 2.08. The Morgan fingerprint density at radius 3 is 2.60 bits per heavy atom. The van der Waals surface area contributed by atoms with Crippen molar-refractivity contribution in [3.63, 3.8) is 0 Å². The molecule has 0 saturated carbocycles. The number of hydrogen-bond acceptors (Lipinski definition) is 2. The van der Waals surface area contributed by atoms with Gasteiger partial charge in [0.15, 0.2) is 0 Å². The smallest absolute Gasteiger partial charge is 0.225 e. The summed E-state index contributed by atoms with van der Waals surface area (Å²) >= 11 is 0. The monoisotopic (exact) mass is 140 g/mol. The summed E-state index contributed by atoms with van der Waals surface area (Å²) in [4.78, 5) is 10.7. The molecule has 2 N–H and O–H groups in total. The molecule has 3 nitrogen and oxygen atoms in total. The molecule has 1 heterocycles. The number of amidine groups is 1. The first-order valence-electron chi connectivity index (χ1n) is 3.41. The summed E-state index contributed by atoms with van der Waals surface area (Å²) in [7, 11) is 0. The second-order valence-corrected chi connectivity index (χ2v) is 3.31. The van der Waals surface area contributed by atoms with Crippen LogP contribution in [-0.4, -0.2) is 11.7 Å². The molecule has 0 unspecified atom stereocenters. The minimum absolute atomic E-state index is 0.0238. The van der Waals surface area contributed by atoms with Gasteiger partial charge in [-0.3, -0.25) is 10.2 Å². The van der Waals surface area contributed by atoms with Crippen molar-refractivity contribution in [1.82, 2.24) is 5.32 Å². The topological polar surface area (TPSA) is 53.0 Å². The van der Waals surface area contributed by atoms with Crippen molar-refractivity contribution in [2.24, 2.45) is 5.41 Å². The van der Waals surface area contributed by atoms with Crippen molar-refractivity contribution in [3.05, 3.63) is 0 Å². The van der Waals surface area contributed by atoms with Gasteiger partial charge in [0.2, 0.25) is 5.91 Å². The van der Waals surface area contributed by atoms with E-state index in [9.17, 15) is 4.79 Å². The molecular formula is C7H12N2O. The van der Waals surface area contributed by atoms with E-state index in [2.05, 4.69) is 5.32 Å². The molecule has 0 spiro atoms. The molecule has 56 valence electrons.